The lowest BCUT2D eigenvalue weighted by atomic mass is 9.63. The van der Waals surface area contributed by atoms with E-state index in [2.05, 4.69) is 117 Å². The molecule has 5 heteroatoms. The zero-order valence-electron chi connectivity index (χ0n) is 29.2. The van der Waals surface area contributed by atoms with Gasteiger partial charge in [-0.1, -0.05) is 66.7 Å². The van der Waals surface area contributed by atoms with E-state index in [1.165, 1.54) is 97.4 Å². The first-order valence-electron chi connectivity index (χ1n) is 19.8. The Morgan fingerprint density at radius 2 is 1.00 bits per heavy atom. The number of para-hydroxylation sites is 1. The van der Waals surface area contributed by atoms with Gasteiger partial charge >= 0.3 is 0 Å². The van der Waals surface area contributed by atoms with Crippen LogP contribution in [0.2, 0.25) is 0 Å². The molecule has 0 radical (unpaired) electrons. The molecule has 8 bridgehead atoms. The maximum atomic E-state index is 5.48. The number of anilines is 2. The van der Waals surface area contributed by atoms with Crippen LogP contribution < -0.4 is 9.80 Å². The summed E-state index contributed by atoms with van der Waals surface area (Å²) in [7, 11) is 0. The summed E-state index contributed by atoms with van der Waals surface area (Å²) in [6.45, 7) is 0. The van der Waals surface area contributed by atoms with Crippen molar-refractivity contribution >= 4 is 33.2 Å². The van der Waals surface area contributed by atoms with Gasteiger partial charge in [-0.25, -0.2) is 9.97 Å². The second kappa shape index (κ2) is 10.9. The van der Waals surface area contributed by atoms with Gasteiger partial charge in [0.2, 0.25) is 0 Å². The number of rotatable bonds is 5. The fraction of sp³-hybridized carbons (Fsp3) is 0.391. The molecular weight excluding hydrogens is 623 g/mol. The van der Waals surface area contributed by atoms with E-state index in [-0.39, 0.29) is 0 Å². The van der Waals surface area contributed by atoms with Crippen molar-refractivity contribution in [1.29, 1.82) is 0 Å². The zero-order chi connectivity index (χ0) is 33.2. The smallest absolute Gasteiger partial charge is 0.162 e. The molecule has 6 aromatic rings. The van der Waals surface area contributed by atoms with Gasteiger partial charge < -0.3 is 9.80 Å². The maximum absolute atomic E-state index is 5.48. The number of nitrogens with zero attached hydrogens (tertiary/aromatic N) is 5. The Balaban J connectivity index is 1.02. The van der Waals surface area contributed by atoms with E-state index < -0.39 is 0 Å². The van der Waals surface area contributed by atoms with Gasteiger partial charge in [-0.05, 0) is 118 Å². The van der Waals surface area contributed by atoms with E-state index >= 15 is 0 Å². The summed E-state index contributed by atoms with van der Waals surface area (Å²) in [5.74, 6) is 5.48. The monoisotopic (exact) mass is 667 g/mol. The van der Waals surface area contributed by atoms with Crippen molar-refractivity contribution in [2.24, 2.45) is 23.7 Å². The lowest BCUT2D eigenvalue weighted by Crippen LogP contribution is -2.58. The molecule has 8 aliphatic rings. The number of aromatic nitrogens is 3. The number of benzene rings is 4. The molecule has 5 nitrogen and oxygen atoms in total. The van der Waals surface area contributed by atoms with Crippen LogP contribution in [0.4, 0.5) is 11.4 Å². The largest absolute Gasteiger partial charge is 0.366 e. The van der Waals surface area contributed by atoms with Gasteiger partial charge in [0.15, 0.2) is 5.82 Å². The summed E-state index contributed by atoms with van der Waals surface area (Å²) >= 11 is 0. The Morgan fingerprint density at radius 1 is 0.431 bits per heavy atom. The summed E-state index contributed by atoms with van der Waals surface area (Å²) in [4.78, 5) is 16.4. The van der Waals surface area contributed by atoms with Gasteiger partial charge in [-0.3, -0.25) is 4.57 Å². The highest BCUT2D eigenvalue weighted by Crippen LogP contribution is 2.52. The van der Waals surface area contributed by atoms with Gasteiger partial charge in [-0.15, -0.1) is 0 Å². The molecule has 4 aliphatic carbocycles. The van der Waals surface area contributed by atoms with Crippen LogP contribution in [0, 0.1) is 23.7 Å². The summed E-state index contributed by atoms with van der Waals surface area (Å²) in [5, 5.41) is 2.56. The van der Waals surface area contributed by atoms with Crippen molar-refractivity contribution in [3.05, 3.63) is 103 Å². The first-order valence-corrected chi connectivity index (χ1v) is 19.8. The molecule has 2 aromatic heterocycles. The first kappa shape index (κ1) is 29.0. The standard InChI is InChI=1S/C46H45N5/c1-2-7-32(8-3-1)42-27-45(48-46(47-42)33-9-6-10-34(25-33)49-36-17-28-15-29(19-36)20-37(49)18-28)51-43-12-5-4-11-40(43)41-14-13-35(26-44(41)51)50-38-21-30-16-31(23-38)24-39(50)22-30/h1-14,25-31,36-39H,15-24H2. The molecule has 4 saturated heterocycles. The molecule has 8 fully saturated rings. The van der Waals surface area contributed by atoms with Crippen molar-refractivity contribution in [2.75, 3.05) is 9.80 Å². The molecule has 0 atom stereocenters. The molecule has 4 aliphatic heterocycles. The van der Waals surface area contributed by atoms with Crippen LogP contribution in [0.1, 0.15) is 64.2 Å². The number of piperidine rings is 4. The summed E-state index contributed by atoms with van der Waals surface area (Å²) in [6, 6.07) is 41.0. The number of fused-ring (bicyclic) bond motifs is 3. The topological polar surface area (TPSA) is 37.2 Å². The molecule has 0 N–H and O–H groups in total. The van der Waals surface area contributed by atoms with Crippen LogP contribution in [0.25, 0.3) is 50.3 Å². The number of hydrogen-bond donors (Lipinski definition) is 0. The highest BCUT2D eigenvalue weighted by atomic mass is 15.2. The molecule has 0 amide bonds. The normalized spacial score (nSPS) is 30.3. The van der Waals surface area contributed by atoms with Crippen molar-refractivity contribution in [3.63, 3.8) is 0 Å². The fourth-order valence-corrected chi connectivity index (χ4v) is 12.5. The average molecular weight is 668 g/mol. The Morgan fingerprint density at radius 3 is 1.67 bits per heavy atom. The minimum atomic E-state index is 0.681. The quantitative estimate of drug-likeness (QED) is 0.183. The van der Waals surface area contributed by atoms with E-state index in [0.29, 0.717) is 24.2 Å². The van der Waals surface area contributed by atoms with E-state index in [4.69, 9.17) is 9.97 Å². The predicted octanol–water partition coefficient (Wildman–Crippen LogP) is 10.4. The zero-order valence-corrected chi connectivity index (χ0v) is 29.2. The van der Waals surface area contributed by atoms with Crippen molar-refractivity contribution < 1.29 is 0 Å². The Labute approximate surface area is 300 Å². The molecule has 0 unspecified atom stereocenters. The predicted molar refractivity (Wildman–Crippen MR) is 207 cm³/mol. The minimum Gasteiger partial charge on any atom is -0.366 e. The summed E-state index contributed by atoms with van der Waals surface area (Å²) in [6.07, 6.45) is 13.8. The summed E-state index contributed by atoms with van der Waals surface area (Å²) < 4.78 is 2.42. The fourth-order valence-electron chi connectivity index (χ4n) is 12.5. The van der Waals surface area contributed by atoms with Gasteiger partial charge in [-0.2, -0.15) is 0 Å². The minimum absolute atomic E-state index is 0.681. The second-order valence-electron chi connectivity index (χ2n) is 17.2. The average Bonchev–Trinajstić information content (AvgIpc) is 3.48. The SMILES string of the molecule is c1ccc(-c2cc(-n3c4ccccc4c4ccc(N5C6CC7CC(C6)CC5C7)cc43)nc(-c3cccc(N4C5CC6CC(C5)CC4C6)c3)n2)cc1. The molecule has 6 heterocycles. The third kappa shape index (κ3) is 4.52. The van der Waals surface area contributed by atoms with Crippen LogP contribution in [0.5, 0.6) is 0 Å². The van der Waals surface area contributed by atoms with Crippen LogP contribution in [-0.4, -0.2) is 38.7 Å². The van der Waals surface area contributed by atoms with Crippen molar-refractivity contribution in [1.82, 2.24) is 14.5 Å². The molecule has 4 saturated carbocycles. The van der Waals surface area contributed by atoms with Gasteiger partial charge in [0.25, 0.3) is 0 Å². The van der Waals surface area contributed by atoms with Crippen LogP contribution in [-0.2, 0) is 0 Å². The highest BCUT2D eigenvalue weighted by Gasteiger charge is 2.48. The van der Waals surface area contributed by atoms with E-state index in [1.54, 1.807) is 0 Å². The number of hydrogen-bond acceptors (Lipinski definition) is 4. The van der Waals surface area contributed by atoms with Crippen molar-refractivity contribution in [3.8, 4) is 28.5 Å². The van der Waals surface area contributed by atoms with Gasteiger partial charge in [0, 0.05) is 63.5 Å². The maximum Gasteiger partial charge on any atom is 0.162 e. The van der Waals surface area contributed by atoms with Crippen LogP contribution >= 0.6 is 0 Å². The van der Waals surface area contributed by atoms with Crippen molar-refractivity contribution in [2.45, 2.75) is 88.4 Å². The molecule has 51 heavy (non-hydrogen) atoms. The van der Waals surface area contributed by atoms with E-state index in [0.717, 1.165) is 52.1 Å². The Bertz CT molecular complexity index is 2270. The van der Waals surface area contributed by atoms with E-state index in [9.17, 15) is 0 Å². The third-order valence-electron chi connectivity index (χ3n) is 14.1. The highest BCUT2D eigenvalue weighted by molar-refractivity contribution is 6.10. The van der Waals surface area contributed by atoms with Crippen LogP contribution in [0.3, 0.4) is 0 Å². The molecule has 0 spiro atoms. The summed E-state index contributed by atoms with van der Waals surface area (Å²) in [5.41, 5.74) is 8.34. The molecule has 14 rings (SSSR count). The van der Waals surface area contributed by atoms with Gasteiger partial charge in [0.05, 0.1) is 16.7 Å². The first-order chi connectivity index (χ1) is 25.2. The Hall–Kier alpha value is -4.64. The van der Waals surface area contributed by atoms with Crippen LogP contribution in [0.15, 0.2) is 103 Å². The Kier molecular flexibility index (Phi) is 6.21. The van der Waals surface area contributed by atoms with Gasteiger partial charge in [0.1, 0.15) is 5.82 Å². The second-order valence-corrected chi connectivity index (χ2v) is 17.2. The van der Waals surface area contributed by atoms with E-state index in [1.807, 2.05) is 0 Å². The lowest BCUT2D eigenvalue weighted by molar-refractivity contribution is 0.0899. The molecular formula is C46H45N5. The lowest BCUT2D eigenvalue weighted by Gasteiger charge is -2.57. The molecule has 254 valence electrons. The third-order valence-corrected chi connectivity index (χ3v) is 14.1. The molecule has 4 aromatic carbocycles.